The van der Waals surface area contributed by atoms with Crippen molar-refractivity contribution in [3.05, 3.63) is 58.6 Å². The summed E-state index contributed by atoms with van der Waals surface area (Å²) >= 11 is 0. The van der Waals surface area contributed by atoms with E-state index in [1.165, 1.54) is 4.31 Å². The van der Waals surface area contributed by atoms with E-state index in [0.717, 1.165) is 11.3 Å². The second-order valence-electron chi connectivity index (χ2n) is 6.37. The van der Waals surface area contributed by atoms with Crippen LogP contribution in [0.1, 0.15) is 5.56 Å². The van der Waals surface area contributed by atoms with Crippen LogP contribution in [0.3, 0.4) is 0 Å². The molecule has 7 nitrogen and oxygen atoms in total. The van der Waals surface area contributed by atoms with Crippen LogP contribution < -0.4 is 10.7 Å². The molecule has 0 aliphatic carbocycles. The molecule has 1 aliphatic rings. The number of para-hydroxylation sites is 1. The Morgan fingerprint density at radius 2 is 1.69 bits per heavy atom. The van der Waals surface area contributed by atoms with Gasteiger partial charge in [0.15, 0.2) is 5.58 Å². The van der Waals surface area contributed by atoms with Gasteiger partial charge in [-0.05, 0) is 31.2 Å². The van der Waals surface area contributed by atoms with Gasteiger partial charge in [-0.2, -0.15) is 4.31 Å². The number of oxazole rings is 1. The molecule has 0 bridgehead atoms. The van der Waals surface area contributed by atoms with Crippen LogP contribution in [-0.2, 0) is 10.0 Å². The van der Waals surface area contributed by atoms with E-state index in [-0.39, 0.29) is 0 Å². The second-order valence-corrected chi connectivity index (χ2v) is 8.31. The molecule has 2 aromatic carbocycles. The van der Waals surface area contributed by atoms with Gasteiger partial charge in [-0.15, -0.1) is 0 Å². The topological polar surface area (TPSA) is 86.6 Å². The molecule has 1 aliphatic heterocycles. The maximum Gasteiger partial charge on any atom is 0.417 e. The third kappa shape index (κ3) is 2.91. The second kappa shape index (κ2) is 6.30. The lowest BCUT2D eigenvalue weighted by Gasteiger charge is -2.35. The zero-order valence-electron chi connectivity index (χ0n) is 14.3. The van der Waals surface area contributed by atoms with Crippen LogP contribution in [0.25, 0.3) is 11.1 Å². The number of aryl methyl sites for hydroxylation is 1. The van der Waals surface area contributed by atoms with Crippen molar-refractivity contribution in [3.8, 4) is 0 Å². The summed E-state index contributed by atoms with van der Waals surface area (Å²) in [5.41, 5.74) is 2.97. The standard InChI is InChI=1S/C18H19N3O4S/c1-13-5-7-14(8-6-13)26(23,24)21-11-9-20(10-12-21)16-4-2-3-15-17(16)25-18(22)19-15/h2-8H,9-12H2,1H3,(H,19,22). The van der Waals surface area contributed by atoms with E-state index in [0.29, 0.717) is 42.2 Å². The minimum Gasteiger partial charge on any atom is -0.406 e. The Morgan fingerprint density at radius 1 is 1.00 bits per heavy atom. The Kier molecular flexibility index (Phi) is 4.08. The van der Waals surface area contributed by atoms with E-state index < -0.39 is 15.8 Å². The van der Waals surface area contributed by atoms with Crippen molar-refractivity contribution < 1.29 is 12.8 Å². The number of anilines is 1. The highest BCUT2D eigenvalue weighted by molar-refractivity contribution is 7.89. The van der Waals surface area contributed by atoms with Crippen LogP contribution in [0.4, 0.5) is 5.69 Å². The van der Waals surface area contributed by atoms with Gasteiger partial charge in [-0.3, -0.25) is 4.98 Å². The Morgan fingerprint density at radius 3 is 2.38 bits per heavy atom. The van der Waals surface area contributed by atoms with Crippen molar-refractivity contribution in [1.82, 2.24) is 9.29 Å². The van der Waals surface area contributed by atoms with Crippen LogP contribution in [-0.4, -0.2) is 43.9 Å². The van der Waals surface area contributed by atoms with E-state index >= 15 is 0 Å². The number of hydrogen-bond acceptors (Lipinski definition) is 5. The molecule has 1 N–H and O–H groups in total. The van der Waals surface area contributed by atoms with Gasteiger partial charge in [-0.25, -0.2) is 13.2 Å². The highest BCUT2D eigenvalue weighted by Crippen LogP contribution is 2.27. The first-order valence-corrected chi connectivity index (χ1v) is 9.83. The quantitative estimate of drug-likeness (QED) is 0.758. The molecule has 1 fully saturated rings. The number of hydrogen-bond donors (Lipinski definition) is 1. The summed E-state index contributed by atoms with van der Waals surface area (Å²) in [5.74, 6) is -0.493. The Bertz CT molecular complexity index is 1090. The predicted molar refractivity (Wildman–Crippen MR) is 99.0 cm³/mol. The number of benzene rings is 2. The first-order chi connectivity index (χ1) is 12.4. The molecule has 0 atom stereocenters. The SMILES string of the molecule is Cc1ccc(S(=O)(=O)N2CCN(c3cccc4[nH]c(=O)oc34)CC2)cc1. The molecule has 3 aromatic rings. The van der Waals surface area contributed by atoms with E-state index in [9.17, 15) is 13.2 Å². The number of aromatic nitrogens is 1. The highest BCUT2D eigenvalue weighted by Gasteiger charge is 2.29. The number of H-pyrrole nitrogens is 1. The first kappa shape index (κ1) is 16.9. The normalized spacial score (nSPS) is 16.3. The fraction of sp³-hybridized carbons (Fsp3) is 0.278. The third-order valence-corrected chi connectivity index (χ3v) is 6.58. The highest BCUT2D eigenvalue weighted by atomic mass is 32.2. The van der Waals surface area contributed by atoms with E-state index in [4.69, 9.17) is 4.42 Å². The zero-order valence-corrected chi connectivity index (χ0v) is 15.1. The number of rotatable bonds is 3. The molecule has 136 valence electrons. The molecule has 0 unspecified atom stereocenters. The summed E-state index contributed by atoms with van der Waals surface area (Å²) < 4.78 is 32.3. The van der Waals surface area contributed by atoms with Gasteiger partial charge in [0.05, 0.1) is 16.1 Å². The Hall–Kier alpha value is -2.58. The van der Waals surface area contributed by atoms with Gasteiger partial charge >= 0.3 is 5.76 Å². The molecule has 0 spiro atoms. The largest absolute Gasteiger partial charge is 0.417 e. The van der Waals surface area contributed by atoms with Gasteiger partial charge < -0.3 is 9.32 Å². The lowest BCUT2D eigenvalue weighted by Crippen LogP contribution is -2.48. The summed E-state index contributed by atoms with van der Waals surface area (Å²) in [6.07, 6.45) is 0. The summed E-state index contributed by atoms with van der Waals surface area (Å²) in [5, 5.41) is 0. The molecule has 26 heavy (non-hydrogen) atoms. The van der Waals surface area contributed by atoms with Crippen LogP contribution in [0, 0.1) is 6.92 Å². The van der Waals surface area contributed by atoms with Crippen molar-refractivity contribution in [2.75, 3.05) is 31.1 Å². The van der Waals surface area contributed by atoms with Gasteiger partial charge in [0.25, 0.3) is 0 Å². The fourth-order valence-corrected chi connectivity index (χ4v) is 4.66. The summed E-state index contributed by atoms with van der Waals surface area (Å²) in [6, 6.07) is 12.4. The molecule has 0 amide bonds. The molecular weight excluding hydrogens is 354 g/mol. The molecule has 2 heterocycles. The lowest BCUT2D eigenvalue weighted by molar-refractivity contribution is 0.384. The third-order valence-electron chi connectivity index (χ3n) is 4.66. The molecule has 0 saturated carbocycles. The maximum absolute atomic E-state index is 12.8. The van der Waals surface area contributed by atoms with Crippen molar-refractivity contribution in [1.29, 1.82) is 0 Å². The monoisotopic (exact) mass is 373 g/mol. The van der Waals surface area contributed by atoms with Gasteiger partial charge in [0.1, 0.15) is 0 Å². The van der Waals surface area contributed by atoms with Crippen LogP contribution >= 0.6 is 0 Å². The van der Waals surface area contributed by atoms with Crippen LogP contribution in [0.2, 0.25) is 0 Å². The van der Waals surface area contributed by atoms with E-state index in [1.807, 2.05) is 24.0 Å². The number of nitrogens with one attached hydrogen (secondary N) is 1. The van der Waals surface area contributed by atoms with Crippen molar-refractivity contribution >= 4 is 26.8 Å². The molecule has 1 aromatic heterocycles. The molecule has 1 saturated heterocycles. The summed E-state index contributed by atoms with van der Waals surface area (Å²) in [7, 11) is -3.50. The lowest BCUT2D eigenvalue weighted by atomic mass is 10.2. The fourth-order valence-electron chi connectivity index (χ4n) is 3.24. The molecule has 0 radical (unpaired) electrons. The molecule has 4 rings (SSSR count). The molecule has 8 heteroatoms. The average Bonchev–Trinajstić information content (AvgIpc) is 3.02. The van der Waals surface area contributed by atoms with Gasteiger partial charge in [0, 0.05) is 26.2 Å². The number of fused-ring (bicyclic) bond motifs is 1. The van der Waals surface area contributed by atoms with Gasteiger partial charge in [-0.1, -0.05) is 23.8 Å². The van der Waals surface area contributed by atoms with Gasteiger partial charge in [0.2, 0.25) is 10.0 Å². The number of piperazine rings is 1. The smallest absolute Gasteiger partial charge is 0.406 e. The number of aromatic amines is 1. The van der Waals surface area contributed by atoms with Crippen molar-refractivity contribution in [2.45, 2.75) is 11.8 Å². The van der Waals surface area contributed by atoms with Crippen molar-refractivity contribution in [2.24, 2.45) is 0 Å². The first-order valence-electron chi connectivity index (χ1n) is 8.39. The predicted octanol–water partition coefficient (Wildman–Crippen LogP) is 1.94. The zero-order chi connectivity index (χ0) is 18.3. The minimum absolute atomic E-state index is 0.315. The van der Waals surface area contributed by atoms with Crippen molar-refractivity contribution in [3.63, 3.8) is 0 Å². The minimum atomic E-state index is -3.50. The van der Waals surface area contributed by atoms with E-state index in [1.54, 1.807) is 30.3 Å². The average molecular weight is 373 g/mol. The Balaban J connectivity index is 1.55. The number of sulfonamides is 1. The molecular formula is C18H19N3O4S. The van der Waals surface area contributed by atoms with Crippen LogP contribution in [0.15, 0.2) is 56.6 Å². The van der Waals surface area contributed by atoms with Crippen LogP contribution in [0.5, 0.6) is 0 Å². The maximum atomic E-state index is 12.8. The van der Waals surface area contributed by atoms with E-state index in [2.05, 4.69) is 4.98 Å². The summed E-state index contributed by atoms with van der Waals surface area (Å²) in [4.78, 5) is 16.5. The Labute approximate surface area is 150 Å². The number of nitrogens with zero attached hydrogens (tertiary/aromatic N) is 2. The summed E-state index contributed by atoms with van der Waals surface area (Å²) in [6.45, 7) is 3.73.